The molecule has 2 aromatic heterocycles. The van der Waals surface area contributed by atoms with Crippen LogP contribution in [0, 0.1) is 0 Å². The van der Waals surface area contributed by atoms with Gasteiger partial charge in [-0.05, 0) is 31.2 Å². The van der Waals surface area contributed by atoms with Gasteiger partial charge in [0.1, 0.15) is 17.1 Å². The van der Waals surface area contributed by atoms with E-state index in [2.05, 4.69) is 4.90 Å². The largest absolute Gasteiger partial charge is 0.468 e. The Kier molecular flexibility index (Phi) is 5.33. The van der Waals surface area contributed by atoms with Crippen LogP contribution in [0.3, 0.4) is 0 Å². The lowest BCUT2D eigenvalue weighted by atomic mass is 10.2. The summed E-state index contributed by atoms with van der Waals surface area (Å²) in [6, 6.07) is 13.7. The van der Waals surface area contributed by atoms with Crippen LogP contribution in [0.1, 0.15) is 24.9 Å². The summed E-state index contributed by atoms with van der Waals surface area (Å²) in [5.41, 5.74) is 0.871. The first-order valence-corrected chi connectivity index (χ1v) is 8.12. The van der Waals surface area contributed by atoms with Gasteiger partial charge in [0.15, 0.2) is 0 Å². The number of fused-ring (bicyclic) bond motifs is 1. The maximum absolute atomic E-state index is 11.6. The fraction of sp³-hybridized carbons (Fsp3) is 0.316. The van der Waals surface area contributed by atoms with E-state index in [1.807, 2.05) is 49.4 Å². The molecule has 0 atom stereocenters. The highest BCUT2D eigenvalue weighted by atomic mass is 16.5. The first kappa shape index (κ1) is 16.3. The first-order valence-electron chi connectivity index (χ1n) is 8.12. The van der Waals surface area contributed by atoms with E-state index in [1.54, 1.807) is 6.26 Å². The fourth-order valence-corrected chi connectivity index (χ4v) is 2.65. The van der Waals surface area contributed by atoms with Crippen molar-refractivity contribution in [2.45, 2.75) is 26.4 Å². The van der Waals surface area contributed by atoms with E-state index in [9.17, 15) is 4.79 Å². The number of benzene rings is 1. The molecule has 126 valence electrons. The number of esters is 1. The third-order valence-corrected chi connectivity index (χ3v) is 3.75. The Hall–Kier alpha value is -2.53. The molecule has 5 heteroatoms. The van der Waals surface area contributed by atoms with Crippen molar-refractivity contribution in [1.82, 2.24) is 4.90 Å². The summed E-state index contributed by atoms with van der Waals surface area (Å²) in [6.07, 6.45) is 1.99. The summed E-state index contributed by atoms with van der Waals surface area (Å²) in [4.78, 5) is 13.8. The predicted molar refractivity (Wildman–Crippen MR) is 90.3 cm³/mol. The number of hydrogen-bond acceptors (Lipinski definition) is 5. The standard InChI is InChI=1S/C19H21NO4/c1-2-22-19(21)9-10-20(13-16-7-5-11-23-16)14-17-12-15-6-3-4-8-18(15)24-17/h3-8,11-12H,2,9-10,13-14H2,1H3. The maximum Gasteiger partial charge on any atom is 0.307 e. The number of furan rings is 2. The Balaban J connectivity index is 1.69. The number of nitrogens with zero attached hydrogens (tertiary/aromatic N) is 1. The molecule has 0 aliphatic carbocycles. The minimum absolute atomic E-state index is 0.188. The quantitative estimate of drug-likeness (QED) is 0.586. The highest BCUT2D eigenvalue weighted by molar-refractivity contribution is 5.77. The van der Waals surface area contributed by atoms with E-state index < -0.39 is 0 Å². The zero-order valence-electron chi connectivity index (χ0n) is 13.7. The molecule has 0 bridgehead atoms. The zero-order chi connectivity index (χ0) is 16.8. The number of carbonyl (C=O) groups excluding carboxylic acids is 1. The van der Waals surface area contributed by atoms with Gasteiger partial charge in [-0.25, -0.2) is 0 Å². The van der Waals surface area contributed by atoms with Crippen LogP contribution in [0.25, 0.3) is 11.0 Å². The molecular weight excluding hydrogens is 306 g/mol. The molecule has 0 saturated heterocycles. The molecular formula is C19H21NO4. The topological polar surface area (TPSA) is 55.8 Å². The summed E-state index contributed by atoms with van der Waals surface area (Å²) < 4.78 is 16.3. The van der Waals surface area contributed by atoms with E-state index in [0.717, 1.165) is 22.5 Å². The molecule has 0 aliphatic heterocycles. The van der Waals surface area contributed by atoms with Gasteiger partial charge in [0.25, 0.3) is 0 Å². The number of rotatable bonds is 8. The van der Waals surface area contributed by atoms with E-state index in [0.29, 0.717) is 32.7 Å². The molecule has 5 nitrogen and oxygen atoms in total. The lowest BCUT2D eigenvalue weighted by Gasteiger charge is -2.19. The number of ether oxygens (including phenoxy) is 1. The number of carbonyl (C=O) groups is 1. The Morgan fingerprint density at radius 2 is 1.96 bits per heavy atom. The van der Waals surface area contributed by atoms with Crippen molar-refractivity contribution in [3.05, 3.63) is 60.2 Å². The third kappa shape index (κ3) is 4.26. The maximum atomic E-state index is 11.6. The van der Waals surface area contributed by atoms with Crippen molar-refractivity contribution in [3.8, 4) is 0 Å². The SMILES string of the molecule is CCOC(=O)CCN(Cc1ccco1)Cc1cc2ccccc2o1. The first-order chi connectivity index (χ1) is 11.7. The van der Waals surface area contributed by atoms with Crippen LogP contribution in [-0.4, -0.2) is 24.0 Å². The molecule has 24 heavy (non-hydrogen) atoms. The minimum Gasteiger partial charge on any atom is -0.468 e. The summed E-state index contributed by atoms with van der Waals surface area (Å²) in [6.45, 7) is 4.02. The van der Waals surface area contributed by atoms with Crippen molar-refractivity contribution in [2.75, 3.05) is 13.2 Å². The molecule has 2 heterocycles. The Morgan fingerprint density at radius 1 is 1.12 bits per heavy atom. The number of para-hydroxylation sites is 1. The third-order valence-electron chi connectivity index (χ3n) is 3.75. The van der Waals surface area contributed by atoms with Crippen molar-refractivity contribution in [1.29, 1.82) is 0 Å². The Labute approximate surface area is 140 Å². The molecule has 0 unspecified atom stereocenters. The normalized spacial score (nSPS) is 11.2. The van der Waals surface area contributed by atoms with Crippen molar-refractivity contribution in [3.63, 3.8) is 0 Å². The molecule has 3 aromatic rings. The predicted octanol–water partition coefficient (Wildman–Crippen LogP) is 3.98. The molecule has 1 aromatic carbocycles. The average Bonchev–Trinajstić information content (AvgIpc) is 3.21. The van der Waals surface area contributed by atoms with E-state index >= 15 is 0 Å². The van der Waals surface area contributed by atoms with Gasteiger partial charge >= 0.3 is 5.97 Å². The van der Waals surface area contributed by atoms with Gasteiger partial charge in [0.05, 0.1) is 32.4 Å². The fourth-order valence-electron chi connectivity index (χ4n) is 2.65. The second-order valence-corrected chi connectivity index (χ2v) is 5.60. The van der Waals surface area contributed by atoms with Gasteiger partial charge < -0.3 is 13.6 Å². The molecule has 0 saturated carbocycles. The Morgan fingerprint density at radius 3 is 2.71 bits per heavy atom. The molecule has 0 fully saturated rings. The van der Waals surface area contributed by atoms with Crippen LogP contribution < -0.4 is 0 Å². The van der Waals surface area contributed by atoms with E-state index in [1.165, 1.54) is 0 Å². The molecule has 0 aliphatic rings. The average molecular weight is 327 g/mol. The summed E-state index contributed by atoms with van der Waals surface area (Å²) in [5.74, 6) is 1.54. The summed E-state index contributed by atoms with van der Waals surface area (Å²) in [5, 5.41) is 1.08. The summed E-state index contributed by atoms with van der Waals surface area (Å²) >= 11 is 0. The monoisotopic (exact) mass is 327 g/mol. The lowest BCUT2D eigenvalue weighted by molar-refractivity contribution is -0.143. The van der Waals surface area contributed by atoms with Crippen LogP contribution in [0.5, 0.6) is 0 Å². The van der Waals surface area contributed by atoms with Gasteiger partial charge in [0.2, 0.25) is 0 Å². The van der Waals surface area contributed by atoms with Crippen LogP contribution in [0.15, 0.2) is 57.6 Å². The lowest BCUT2D eigenvalue weighted by Crippen LogP contribution is -2.26. The highest BCUT2D eigenvalue weighted by Gasteiger charge is 2.14. The zero-order valence-corrected chi connectivity index (χ0v) is 13.7. The van der Waals surface area contributed by atoms with Crippen LogP contribution in [-0.2, 0) is 22.6 Å². The van der Waals surface area contributed by atoms with Crippen LogP contribution in [0.4, 0.5) is 0 Å². The minimum atomic E-state index is -0.188. The van der Waals surface area contributed by atoms with Gasteiger partial charge in [-0.2, -0.15) is 0 Å². The van der Waals surface area contributed by atoms with Gasteiger partial charge in [-0.15, -0.1) is 0 Å². The smallest absolute Gasteiger partial charge is 0.307 e. The van der Waals surface area contributed by atoms with Crippen LogP contribution in [0.2, 0.25) is 0 Å². The summed E-state index contributed by atoms with van der Waals surface area (Å²) in [7, 11) is 0. The van der Waals surface area contributed by atoms with Crippen molar-refractivity contribution in [2.24, 2.45) is 0 Å². The van der Waals surface area contributed by atoms with Gasteiger partial charge in [-0.1, -0.05) is 18.2 Å². The van der Waals surface area contributed by atoms with Crippen molar-refractivity contribution < 1.29 is 18.4 Å². The van der Waals surface area contributed by atoms with Crippen LogP contribution >= 0.6 is 0 Å². The second kappa shape index (κ2) is 7.84. The van der Waals surface area contributed by atoms with E-state index in [-0.39, 0.29) is 5.97 Å². The number of hydrogen-bond donors (Lipinski definition) is 0. The Bertz CT molecular complexity index is 743. The molecule has 3 rings (SSSR count). The van der Waals surface area contributed by atoms with Gasteiger partial charge in [-0.3, -0.25) is 9.69 Å². The molecule has 0 spiro atoms. The molecule has 0 radical (unpaired) electrons. The second-order valence-electron chi connectivity index (χ2n) is 5.60. The van der Waals surface area contributed by atoms with Gasteiger partial charge in [0, 0.05) is 11.9 Å². The highest BCUT2D eigenvalue weighted by Crippen LogP contribution is 2.21. The van der Waals surface area contributed by atoms with Crippen molar-refractivity contribution >= 4 is 16.9 Å². The molecule has 0 N–H and O–H groups in total. The molecule has 0 amide bonds. The van der Waals surface area contributed by atoms with E-state index in [4.69, 9.17) is 13.6 Å².